The van der Waals surface area contributed by atoms with E-state index in [2.05, 4.69) is 81.8 Å². The Kier molecular flexibility index (Phi) is 5.60. The molecule has 0 fully saturated rings. The zero-order chi connectivity index (χ0) is 26.3. The number of rotatable bonds is 5. The van der Waals surface area contributed by atoms with E-state index >= 15 is 0 Å². The van der Waals surface area contributed by atoms with Crippen LogP contribution in [0.1, 0.15) is 17.4 Å². The highest BCUT2D eigenvalue weighted by Gasteiger charge is 2.19. The van der Waals surface area contributed by atoms with Gasteiger partial charge in [-0.2, -0.15) is 0 Å². The van der Waals surface area contributed by atoms with E-state index in [1.54, 1.807) is 17.7 Å². The van der Waals surface area contributed by atoms with Crippen LogP contribution in [0.2, 0.25) is 0 Å². The van der Waals surface area contributed by atoms with Gasteiger partial charge in [-0.3, -0.25) is 4.98 Å². The number of aromatic nitrogens is 5. The van der Waals surface area contributed by atoms with Crippen molar-refractivity contribution in [1.82, 2.24) is 24.5 Å². The van der Waals surface area contributed by atoms with Crippen molar-refractivity contribution in [3.05, 3.63) is 114 Å². The molecule has 186 valence electrons. The van der Waals surface area contributed by atoms with Crippen molar-refractivity contribution in [2.24, 2.45) is 0 Å². The Balaban J connectivity index is 1.42. The standard InChI is InChI=1S/C33H23N5S/c1-3-10-25-28(4-2)39-31-29(25)34-19-26-24-13-8-9-14-27(24)38(30(26)31)23-17-15-22(16-18-23)33-36-20-35-32(37-33)21-11-6-5-7-12-21/h3-20H,2H2,1H3/b10-3-. The second-order valence-electron chi connectivity index (χ2n) is 9.18. The number of allylic oxidation sites excluding steroid dienone is 1. The van der Waals surface area contributed by atoms with E-state index in [4.69, 9.17) is 9.97 Å². The SMILES string of the molecule is C=Cc1sc2c(ncc3c4ccccc4n(-c4ccc(-c5ncnc(-c6ccccc6)n5)cc4)c32)c1/C=C\C. The first-order valence-corrected chi connectivity index (χ1v) is 13.5. The highest BCUT2D eigenvalue weighted by molar-refractivity contribution is 7.21. The molecule has 0 bridgehead atoms. The molecule has 4 heterocycles. The van der Waals surface area contributed by atoms with Gasteiger partial charge in [-0.05, 0) is 37.3 Å². The van der Waals surface area contributed by atoms with Crippen LogP contribution in [0.15, 0.2) is 104 Å². The number of benzene rings is 3. The molecule has 5 nitrogen and oxygen atoms in total. The average Bonchev–Trinajstić information content (AvgIpc) is 3.53. The highest BCUT2D eigenvalue weighted by Crippen LogP contribution is 2.41. The van der Waals surface area contributed by atoms with E-state index in [1.807, 2.05) is 49.5 Å². The van der Waals surface area contributed by atoms with E-state index in [0.29, 0.717) is 11.6 Å². The normalized spacial score (nSPS) is 11.7. The fraction of sp³-hybridized carbons (Fsp3) is 0.0303. The summed E-state index contributed by atoms with van der Waals surface area (Å²) in [6, 6.07) is 26.9. The Morgan fingerprint density at radius 1 is 0.795 bits per heavy atom. The molecule has 0 spiro atoms. The second kappa shape index (κ2) is 9.42. The lowest BCUT2D eigenvalue weighted by Gasteiger charge is -2.10. The van der Waals surface area contributed by atoms with Crippen LogP contribution in [0.3, 0.4) is 0 Å². The molecular weight excluding hydrogens is 498 g/mol. The Morgan fingerprint density at radius 2 is 1.51 bits per heavy atom. The van der Waals surface area contributed by atoms with Gasteiger partial charge in [-0.25, -0.2) is 15.0 Å². The van der Waals surface area contributed by atoms with Crippen LogP contribution in [-0.2, 0) is 0 Å². The minimum Gasteiger partial charge on any atom is -0.308 e. The fourth-order valence-corrected chi connectivity index (χ4v) is 6.29. The third-order valence-corrected chi connectivity index (χ3v) is 8.10. The first-order valence-electron chi connectivity index (χ1n) is 12.7. The zero-order valence-electron chi connectivity index (χ0n) is 21.2. The van der Waals surface area contributed by atoms with Crippen LogP contribution in [0, 0.1) is 0 Å². The highest BCUT2D eigenvalue weighted by atomic mass is 32.1. The first-order chi connectivity index (χ1) is 19.3. The lowest BCUT2D eigenvalue weighted by molar-refractivity contribution is 1.06. The maximum Gasteiger partial charge on any atom is 0.163 e. The van der Waals surface area contributed by atoms with Crippen molar-refractivity contribution in [2.45, 2.75) is 6.92 Å². The maximum absolute atomic E-state index is 4.92. The molecule has 6 heteroatoms. The van der Waals surface area contributed by atoms with E-state index in [1.165, 1.54) is 5.39 Å². The van der Waals surface area contributed by atoms with Crippen molar-refractivity contribution in [1.29, 1.82) is 0 Å². The number of pyridine rings is 1. The topological polar surface area (TPSA) is 56.5 Å². The van der Waals surface area contributed by atoms with Crippen molar-refractivity contribution in [2.75, 3.05) is 0 Å². The number of thiophene rings is 1. The van der Waals surface area contributed by atoms with Gasteiger partial charge >= 0.3 is 0 Å². The summed E-state index contributed by atoms with van der Waals surface area (Å²) in [5.74, 6) is 1.31. The number of hydrogen-bond donors (Lipinski definition) is 0. The van der Waals surface area contributed by atoms with Gasteiger partial charge in [0.25, 0.3) is 0 Å². The molecule has 4 aromatic heterocycles. The number of para-hydroxylation sites is 1. The lowest BCUT2D eigenvalue weighted by Crippen LogP contribution is -1.97. The van der Waals surface area contributed by atoms with Crippen molar-refractivity contribution in [3.8, 4) is 28.5 Å². The van der Waals surface area contributed by atoms with Crippen LogP contribution in [-0.4, -0.2) is 24.5 Å². The summed E-state index contributed by atoms with van der Waals surface area (Å²) in [7, 11) is 0. The molecular formula is C33H23N5S. The summed E-state index contributed by atoms with van der Waals surface area (Å²) in [4.78, 5) is 19.6. The largest absolute Gasteiger partial charge is 0.308 e. The third-order valence-electron chi connectivity index (χ3n) is 6.91. The van der Waals surface area contributed by atoms with Crippen LogP contribution < -0.4 is 0 Å². The first kappa shape index (κ1) is 23.2. The third kappa shape index (κ3) is 3.76. The molecule has 0 atom stereocenters. The molecule has 3 aromatic carbocycles. The molecule has 39 heavy (non-hydrogen) atoms. The number of hydrogen-bond acceptors (Lipinski definition) is 5. The van der Waals surface area contributed by atoms with Gasteiger partial charge in [0.05, 0.1) is 21.3 Å². The van der Waals surface area contributed by atoms with Crippen molar-refractivity contribution in [3.63, 3.8) is 0 Å². The van der Waals surface area contributed by atoms with Gasteiger partial charge < -0.3 is 4.57 Å². The molecule has 0 N–H and O–H groups in total. The van der Waals surface area contributed by atoms with E-state index in [-0.39, 0.29) is 0 Å². The predicted octanol–water partition coefficient (Wildman–Crippen LogP) is 8.59. The molecule has 0 aliphatic carbocycles. The second-order valence-corrected chi connectivity index (χ2v) is 10.2. The Bertz CT molecular complexity index is 2030. The molecule has 0 aliphatic rings. The predicted molar refractivity (Wildman–Crippen MR) is 163 cm³/mol. The molecule has 7 aromatic rings. The monoisotopic (exact) mass is 521 g/mol. The Labute approximate surface area is 229 Å². The Hall–Kier alpha value is -4.94. The fourth-order valence-electron chi connectivity index (χ4n) is 5.16. The molecule has 7 rings (SSSR count). The van der Waals surface area contributed by atoms with Gasteiger partial charge in [0, 0.05) is 44.2 Å². The van der Waals surface area contributed by atoms with E-state index in [0.717, 1.165) is 53.9 Å². The molecule has 0 saturated heterocycles. The summed E-state index contributed by atoms with van der Waals surface area (Å²) in [6.07, 6.45) is 9.68. The smallest absolute Gasteiger partial charge is 0.163 e. The van der Waals surface area contributed by atoms with Gasteiger partial charge in [0.2, 0.25) is 0 Å². The van der Waals surface area contributed by atoms with Crippen LogP contribution in [0.4, 0.5) is 0 Å². The molecule has 0 amide bonds. The van der Waals surface area contributed by atoms with E-state index in [9.17, 15) is 0 Å². The minimum absolute atomic E-state index is 0.647. The zero-order valence-corrected chi connectivity index (χ0v) is 22.1. The minimum atomic E-state index is 0.647. The average molecular weight is 522 g/mol. The molecule has 0 saturated carbocycles. The Morgan fingerprint density at radius 3 is 2.26 bits per heavy atom. The summed E-state index contributed by atoms with van der Waals surface area (Å²) >= 11 is 1.74. The number of nitrogens with zero attached hydrogens (tertiary/aromatic N) is 5. The number of fused-ring (bicyclic) bond motifs is 5. The van der Waals surface area contributed by atoms with Crippen molar-refractivity contribution < 1.29 is 0 Å². The summed E-state index contributed by atoms with van der Waals surface area (Å²) in [6.45, 7) is 6.09. The van der Waals surface area contributed by atoms with Crippen LogP contribution >= 0.6 is 11.3 Å². The van der Waals surface area contributed by atoms with E-state index < -0.39 is 0 Å². The maximum atomic E-state index is 4.92. The summed E-state index contributed by atoms with van der Waals surface area (Å²) in [5, 5.41) is 2.31. The van der Waals surface area contributed by atoms with Gasteiger partial charge in [-0.15, -0.1) is 11.3 Å². The molecule has 0 unspecified atom stereocenters. The quantitative estimate of drug-likeness (QED) is 0.228. The van der Waals surface area contributed by atoms with Crippen molar-refractivity contribution >= 4 is 55.5 Å². The van der Waals surface area contributed by atoms with Gasteiger partial charge in [0.1, 0.15) is 6.33 Å². The summed E-state index contributed by atoms with van der Waals surface area (Å²) < 4.78 is 3.49. The van der Waals surface area contributed by atoms with Crippen LogP contribution in [0.5, 0.6) is 0 Å². The van der Waals surface area contributed by atoms with Gasteiger partial charge in [-0.1, -0.05) is 73.3 Å². The van der Waals surface area contributed by atoms with Gasteiger partial charge in [0.15, 0.2) is 11.6 Å². The molecule has 0 radical (unpaired) electrons. The van der Waals surface area contributed by atoms with Crippen LogP contribution in [0.25, 0.3) is 72.6 Å². The summed E-state index contributed by atoms with van der Waals surface area (Å²) in [5.41, 5.74) is 7.38. The molecule has 0 aliphatic heterocycles. The lowest BCUT2D eigenvalue weighted by atomic mass is 10.1.